The van der Waals surface area contributed by atoms with Crippen LogP contribution < -0.4 is 5.56 Å². The monoisotopic (exact) mass is 239 g/mol. The van der Waals surface area contributed by atoms with Crippen LogP contribution in [0.5, 0.6) is 0 Å². The van der Waals surface area contributed by atoms with Crippen LogP contribution in [0.2, 0.25) is 0 Å². The first-order valence-corrected chi connectivity index (χ1v) is 5.45. The lowest BCUT2D eigenvalue weighted by atomic mass is 10.1. The van der Waals surface area contributed by atoms with Crippen molar-refractivity contribution in [2.75, 3.05) is 0 Å². The summed E-state index contributed by atoms with van der Waals surface area (Å²) in [6, 6.07) is 10.6. The van der Waals surface area contributed by atoms with E-state index in [9.17, 15) is 9.59 Å². The van der Waals surface area contributed by atoms with Gasteiger partial charge in [-0.3, -0.25) is 9.59 Å². The van der Waals surface area contributed by atoms with E-state index in [-0.39, 0.29) is 11.3 Å². The molecule has 0 bridgehead atoms. The van der Waals surface area contributed by atoms with Crippen molar-refractivity contribution in [3.05, 3.63) is 58.7 Å². The molecule has 0 radical (unpaired) electrons. The first-order valence-electron chi connectivity index (χ1n) is 5.45. The summed E-state index contributed by atoms with van der Waals surface area (Å²) in [5, 5.41) is 1.46. The molecule has 0 amide bonds. The molecule has 2 aromatic heterocycles. The summed E-state index contributed by atoms with van der Waals surface area (Å²) in [6.07, 6.45) is 2.26. The van der Waals surface area contributed by atoms with Crippen molar-refractivity contribution in [3.63, 3.8) is 0 Å². The molecule has 0 aliphatic rings. The SMILES string of the molecule is O=Cc1ccc(-c2ccc3cc[nH]c(=O)c3c2)o1. The fraction of sp³-hybridized carbons (Fsp3) is 0. The number of hydrogen-bond donors (Lipinski definition) is 1. The van der Waals surface area contributed by atoms with Crippen molar-refractivity contribution in [2.24, 2.45) is 0 Å². The highest BCUT2D eigenvalue weighted by Gasteiger charge is 2.06. The number of furan rings is 1. The van der Waals surface area contributed by atoms with Gasteiger partial charge in [0.1, 0.15) is 5.76 Å². The van der Waals surface area contributed by atoms with E-state index in [2.05, 4.69) is 4.98 Å². The molecule has 0 atom stereocenters. The second-order valence-electron chi connectivity index (χ2n) is 3.93. The number of aromatic amines is 1. The van der Waals surface area contributed by atoms with Gasteiger partial charge in [0.2, 0.25) is 0 Å². The molecule has 0 saturated heterocycles. The third-order valence-corrected chi connectivity index (χ3v) is 2.80. The Bertz CT molecular complexity index is 783. The van der Waals surface area contributed by atoms with E-state index in [4.69, 9.17) is 4.42 Å². The van der Waals surface area contributed by atoms with Gasteiger partial charge < -0.3 is 9.40 Å². The lowest BCUT2D eigenvalue weighted by Crippen LogP contribution is -2.04. The van der Waals surface area contributed by atoms with Gasteiger partial charge in [0.25, 0.3) is 5.56 Å². The lowest BCUT2D eigenvalue weighted by Gasteiger charge is -2.00. The Morgan fingerprint density at radius 2 is 2.00 bits per heavy atom. The zero-order valence-electron chi connectivity index (χ0n) is 9.34. The van der Waals surface area contributed by atoms with Crippen LogP contribution in [-0.2, 0) is 0 Å². The zero-order valence-corrected chi connectivity index (χ0v) is 9.34. The number of aldehydes is 1. The number of aromatic nitrogens is 1. The van der Waals surface area contributed by atoms with Gasteiger partial charge in [0, 0.05) is 17.1 Å². The van der Waals surface area contributed by atoms with E-state index in [1.807, 2.05) is 18.2 Å². The number of nitrogens with one attached hydrogen (secondary N) is 1. The Morgan fingerprint density at radius 1 is 1.11 bits per heavy atom. The van der Waals surface area contributed by atoms with Gasteiger partial charge in [-0.05, 0) is 29.7 Å². The molecule has 0 spiro atoms. The van der Waals surface area contributed by atoms with Gasteiger partial charge in [-0.2, -0.15) is 0 Å². The van der Waals surface area contributed by atoms with Crippen molar-refractivity contribution in [1.29, 1.82) is 0 Å². The predicted molar refractivity (Wildman–Crippen MR) is 67.7 cm³/mol. The second kappa shape index (κ2) is 4.00. The highest BCUT2D eigenvalue weighted by Crippen LogP contribution is 2.24. The number of fused-ring (bicyclic) bond motifs is 1. The Hall–Kier alpha value is -2.62. The number of rotatable bonds is 2. The number of hydrogen-bond acceptors (Lipinski definition) is 3. The molecule has 0 aliphatic carbocycles. The highest BCUT2D eigenvalue weighted by atomic mass is 16.3. The standard InChI is InChI=1S/C14H9NO3/c16-8-11-3-4-13(18-11)10-2-1-9-5-6-15-14(17)12(9)7-10/h1-8H,(H,15,17). The third kappa shape index (κ3) is 1.64. The van der Waals surface area contributed by atoms with E-state index in [1.54, 1.807) is 24.4 Å². The molecule has 88 valence electrons. The molecule has 0 saturated carbocycles. The largest absolute Gasteiger partial charge is 0.453 e. The molecule has 4 nitrogen and oxygen atoms in total. The van der Waals surface area contributed by atoms with Crippen molar-refractivity contribution >= 4 is 17.1 Å². The zero-order chi connectivity index (χ0) is 12.5. The van der Waals surface area contributed by atoms with Gasteiger partial charge in [0.15, 0.2) is 12.0 Å². The maximum atomic E-state index is 11.7. The average molecular weight is 239 g/mol. The van der Waals surface area contributed by atoms with Crippen LogP contribution in [0.25, 0.3) is 22.1 Å². The fourth-order valence-corrected chi connectivity index (χ4v) is 1.91. The Labute approximate surface area is 102 Å². The normalized spacial score (nSPS) is 10.7. The van der Waals surface area contributed by atoms with Crippen molar-refractivity contribution < 1.29 is 9.21 Å². The molecule has 3 aromatic rings. The molecule has 2 heterocycles. The quantitative estimate of drug-likeness (QED) is 0.699. The Morgan fingerprint density at radius 3 is 2.78 bits per heavy atom. The predicted octanol–water partition coefficient (Wildman–Crippen LogP) is 2.60. The number of carbonyl (C=O) groups is 1. The van der Waals surface area contributed by atoms with Gasteiger partial charge >= 0.3 is 0 Å². The highest BCUT2D eigenvalue weighted by molar-refractivity contribution is 5.86. The van der Waals surface area contributed by atoms with Crippen LogP contribution in [0, 0.1) is 0 Å². The van der Waals surface area contributed by atoms with Crippen molar-refractivity contribution in [1.82, 2.24) is 4.98 Å². The average Bonchev–Trinajstić information content (AvgIpc) is 2.88. The summed E-state index contributed by atoms with van der Waals surface area (Å²) in [5.74, 6) is 0.842. The topological polar surface area (TPSA) is 63.1 Å². The third-order valence-electron chi connectivity index (χ3n) is 2.80. The van der Waals surface area contributed by atoms with E-state index in [0.29, 0.717) is 17.4 Å². The van der Waals surface area contributed by atoms with Crippen LogP contribution >= 0.6 is 0 Å². The summed E-state index contributed by atoms with van der Waals surface area (Å²) >= 11 is 0. The van der Waals surface area contributed by atoms with Gasteiger partial charge in [0.05, 0.1) is 0 Å². The minimum Gasteiger partial charge on any atom is -0.453 e. The lowest BCUT2D eigenvalue weighted by molar-refractivity contribution is 0.110. The van der Waals surface area contributed by atoms with E-state index < -0.39 is 0 Å². The summed E-state index contributed by atoms with van der Waals surface area (Å²) in [6.45, 7) is 0. The Balaban J connectivity index is 2.21. The van der Waals surface area contributed by atoms with E-state index in [1.165, 1.54) is 0 Å². The summed E-state index contributed by atoms with van der Waals surface area (Å²) in [5.41, 5.74) is 0.629. The first-order chi connectivity index (χ1) is 8.78. The molecule has 4 heteroatoms. The number of pyridine rings is 1. The van der Waals surface area contributed by atoms with E-state index >= 15 is 0 Å². The maximum Gasteiger partial charge on any atom is 0.255 e. The molecule has 18 heavy (non-hydrogen) atoms. The molecule has 3 rings (SSSR count). The maximum absolute atomic E-state index is 11.7. The molecule has 0 aliphatic heterocycles. The Kier molecular flexibility index (Phi) is 2.34. The molecular weight excluding hydrogens is 230 g/mol. The van der Waals surface area contributed by atoms with Gasteiger partial charge in [-0.25, -0.2) is 0 Å². The summed E-state index contributed by atoms with van der Waals surface area (Å²) < 4.78 is 5.33. The van der Waals surface area contributed by atoms with Crippen LogP contribution in [0.1, 0.15) is 10.6 Å². The molecular formula is C14H9NO3. The smallest absolute Gasteiger partial charge is 0.255 e. The fourth-order valence-electron chi connectivity index (χ4n) is 1.91. The summed E-state index contributed by atoms with van der Waals surface area (Å²) in [7, 11) is 0. The van der Waals surface area contributed by atoms with E-state index in [0.717, 1.165) is 10.9 Å². The molecule has 0 fully saturated rings. The second-order valence-corrected chi connectivity index (χ2v) is 3.93. The van der Waals surface area contributed by atoms with Crippen LogP contribution in [-0.4, -0.2) is 11.3 Å². The van der Waals surface area contributed by atoms with Gasteiger partial charge in [-0.1, -0.05) is 12.1 Å². The number of benzene rings is 1. The summed E-state index contributed by atoms with van der Waals surface area (Å²) in [4.78, 5) is 24.9. The molecule has 1 N–H and O–H groups in total. The van der Waals surface area contributed by atoms with Crippen molar-refractivity contribution in [2.45, 2.75) is 0 Å². The first kappa shape index (κ1) is 10.5. The number of H-pyrrole nitrogens is 1. The van der Waals surface area contributed by atoms with Crippen LogP contribution in [0.3, 0.4) is 0 Å². The minimum atomic E-state index is -0.142. The van der Waals surface area contributed by atoms with Gasteiger partial charge in [-0.15, -0.1) is 0 Å². The minimum absolute atomic E-state index is 0.142. The number of carbonyl (C=O) groups excluding carboxylic acids is 1. The molecule has 0 unspecified atom stereocenters. The molecule has 1 aromatic carbocycles. The van der Waals surface area contributed by atoms with Crippen molar-refractivity contribution in [3.8, 4) is 11.3 Å². The van der Waals surface area contributed by atoms with Crippen LogP contribution in [0.4, 0.5) is 0 Å². The van der Waals surface area contributed by atoms with Crippen LogP contribution in [0.15, 0.2) is 51.8 Å².